The first-order chi connectivity index (χ1) is 12.0. The smallest absolute Gasteiger partial charge is 0.259 e. The highest BCUT2D eigenvalue weighted by Gasteiger charge is 2.16. The molecule has 7 heteroatoms. The molecule has 0 aliphatic carbocycles. The second kappa shape index (κ2) is 6.96. The van der Waals surface area contributed by atoms with Crippen LogP contribution < -0.4 is 10.6 Å². The van der Waals surface area contributed by atoms with E-state index in [4.69, 9.17) is 0 Å². The summed E-state index contributed by atoms with van der Waals surface area (Å²) in [6.07, 6.45) is 3.18. The predicted octanol–water partition coefficient (Wildman–Crippen LogP) is 2.79. The minimum Gasteiger partial charge on any atom is -0.326 e. The van der Waals surface area contributed by atoms with Crippen molar-refractivity contribution < 1.29 is 9.59 Å². The van der Waals surface area contributed by atoms with Crippen molar-refractivity contribution in [2.24, 2.45) is 0 Å². The molecule has 0 saturated heterocycles. The Morgan fingerprint density at radius 3 is 2.48 bits per heavy atom. The standard InChI is InChI=1S/C18H17N5O2/c1-12-16(11-20-23(12)17-8-3-4-9-19-17)18(25)22-15-7-5-6-14(10-15)21-13(2)24/h3-11H,1-2H3,(H,21,24)(H,22,25). The van der Waals surface area contributed by atoms with Crippen molar-refractivity contribution in [2.45, 2.75) is 13.8 Å². The van der Waals surface area contributed by atoms with E-state index in [1.165, 1.54) is 13.1 Å². The van der Waals surface area contributed by atoms with Gasteiger partial charge >= 0.3 is 0 Å². The molecule has 0 radical (unpaired) electrons. The Kier molecular flexibility index (Phi) is 4.56. The Morgan fingerprint density at radius 2 is 1.80 bits per heavy atom. The SMILES string of the molecule is CC(=O)Nc1cccc(NC(=O)c2cnn(-c3ccccn3)c2C)c1. The molecule has 3 aromatic rings. The van der Waals surface area contributed by atoms with Gasteiger partial charge in [-0.3, -0.25) is 9.59 Å². The number of carbonyl (C=O) groups excluding carboxylic acids is 2. The molecule has 3 rings (SSSR count). The maximum Gasteiger partial charge on any atom is 0.259 e. The lowest BCUT2D eigenvalue weighted by Crippen LogP contribution is -2.14. The van der Waals surface area contributed by atoms with Crippen LogP contribution in [-0.2, 0) is 4.79 Å². The molecular formula is C18H17N5O2. The highest BCUT2D eigenvalue weighted by atomic mass is 16.2. The Morgan fingerprint density at radius 1 is 1.04 bits per heavy atom. The van der Waals surface area contributed by atoms with E-state index in [1.807, 2.05) is 25.1 Å². The normalized spacial score (nSPS) is 10.3. The summed E-state index contributed by atoms with van der Waals surface area (Å²) in [5.74, 6) is 0.197. The van der Waals surface area contributed by atoms with Crippen LogP contribution >= 0.6 is 0 Å². The first-order valence-corrected chi connectivity index (χ1v) is 7.69. The number of nitrogens with one attached hydrogen (secondary N) is 2. The maximum atomic E-state index is 12.5. The third-order valence-corrected chi connectivity index (χ3v) is 3.56. The first-order valence-electron chi connectivity index (χ1n) is 7.69. The molecule has 0 atom stereocenters. The summed E-state index contributed by atoms with van der Waals surface area (Å²) < 4.78 is 1.61. The maximum absolute atomic E-state index is 12.5. The molecule has 0 unspecified atom stereocenters. The quantitative estimate of drug-likeness (QED) is 0.767. The molecule has 0 spiro atoms. The van der Waals surface area contributed by atoms with Crippen LogP contribution in [-0.4, -0.2) is 26.6 Å². The third kappa shape index (κ3) is 3.72. The summed E-state index contributed by atoms with van der Waals surface area (Å²) >= 11 is 0. The molecular weight excluding hydrogens is 318 g/mol. The van der Waals surface area contributed by atoms with Gasteiger partial charge in [0.15, 0.2) is 5.82 Å². The van der Waals surface area contributed by atoms with E-state index >= 15 is 0 Å². The van der Waals surface area contributed by atoms with Gasteiger partial charge in [0.1, 0.15) is 0 Å². The number of benzene rings is 1. The van der Waals surface area contributed by atoms with Crippen LogP contribution in [0, 0.1) is 6.92 Å². The fourth-order valence-corrected chi connectivity index (χ4v) is 2.42. The van der Waals surface area contributed by atoms with E-state index in [9.17, 15) is 9.59 Å². The molecule has 2 heterocycles. The molecule has 7 nitrogen and oxygen atoms in total. The van der Waals surface area contributed by atoms with Gasteiger partial charge in [-0.25, -0.2) is 9.67 Å². The van der Waals surface area contributed by atoms with E-state index in [-0.39, 0.29) is 11.8 Å². The van der Waals surface area contributed by atoms with E-state index in [0.29, 0.717) is 28.5 Å². The van der Waals surface area contributed by atoms with E-state index in [0.717, 1.165) is 0 Å². The van der Waals surface area contributed by atoms with Crippen molar-refractivity contribution in [3.05, 3.63) is 66.1 Å². The summed E-state index contributed by atoms with van der Waals surface area (Å²) in [7, 11) is 0. The summed E-state index contributed by atoms with van der Waals surface area (Å²) in [6, 6.07) is 12.4. The fourth-order valence-electron chi connectivity index (χ4n) is 2.42. The van der Waals surface area contributed by atoms with Gasteiger partial charge in [0.2, 0.25) is 5.91 Å². The zero-order chi connectivity index (χ0) is 17.8. The molecule has 0 aliphatic rings. The number of amides is 2. The summed E-state index contributed by atoms with van der Waals surface area (Å²) in [5.41, 5.74) is 2.34. The van der Waals surface area contributed by atoms with Gasteiger partial charge < -0.3 is 10.6 Å². The highest BCUT2D eigenvalue weighted by Crippen LogP contribution is 2.18. The van der Waals surface area contributed by atoms with E-state index in [1.54, 1.807) is 35.1 Å². The fraction of sp³-hybridized carbons (Fsp3) is 0.111. The Balaban J connectivity index is 1.81. The van der Waals surface area contributed by atoms with Crippen molar-refractivity contribution >= 4 is 23.2 Å². The number of hydrogen-bond acceptors (Lipinski definition) is 4. The molecule has 25 heavy (non-hydrogen) atoms. The average molecular weight is 335 g/mol. The van der Waals surface area contributed by atoms with Crippen LogP contribution in [0.5, 0.6) is 0 Å². The lowest BCUT2D eigenvalue weighted by Gasteiger charge is -2.08. The Hall–Kier alpha value is -3.48. The number of hydrogen-bond donors (Lipinski definition) is 2. The zero-order valence-corrected chi connectivity index (χ0v) is 13.9. The number of anilines is 2. The molecule has 0 fully saturated rings. The number of aromatic nitrogens is 3. The third-order valence-electron chi connectivity index (χ3n) is 3.56. The van der Waals surface area contributed by atoms with Gasteiger partial charge in [-0.15, -0.1) is 0 Å². The Bertz CT molecular complexity index is 918. The largest absolute Gasteiger partial charge is 0.326 e. The topological polar surface area (TPSA) is 88.9 Å². The second-order valence-electron chi connectivity index (χ2n) is 5.46. The van der Waals surface area contributed by atoms with Crippen LogP contribution in [0.4, 0.5) is 11.4 Å². The van der Waals surface area contributed by atoms with Crippen molar-refractivity contribution in [1.82, 2.24) is 14.8 Å². The van der Waals surface area contributed by atoms with Crippen LogP contribution in [0.2, 0.25) is 0 Å². The lowest BCUT2D eigenvalue weighted by atomic mass is 10.2. The van der Waals surface area contributed by atoms with E-state index < -0.39 is 0 Å². The first kappa shape index (κ1) is 16.4. The summed E-state index contributed by atoms with van der Waals surface area (Å²) in [4.78, 5) is 27.9. The molecule has 1 aromatic carbocycles. The highest BCUT2D eigenvalue weighted by molar-refractivity contribution is 6.05. The average Bonchev–Trinajstić information content (AvgIpc) is 2.97. The van der Waals surface area contributed by atoms with Crippen LogP contribution in [0.25, 0.3) is 5.82 Å². The molecule has 126 valence electrons. The van der Waals surface area contributed by atoms with Gasteiger partial charge in [0.25, 0.3) is 5.91 Å². The molecule has 0 saturated carbocycles. The molecule has 0 aliphatic heterocycles. The zero-order valence-electron chi connectivity index (χ0n) is 13.9. The second-order valence-corrected chi connectivity index (χ2v) is 5.46. The number of nitrogens with zero attached hydrogens (tertiary/aromatic N) is 3. The van der Waals surface area contributed by atoms with E-state index in [2.05, 4.69) is 20.7 Å². The van der Waals surface area contributed by atoms with Gasteiger partial charge in [0.05, 0.1) is 17.5 Å². The van der Waals surface area contributed by atoms with Gasteiger partial charge in [-0.05, 0) is 37.3 Å². The van der Waals surface area contributed by atoms with Crippen molar-refractivity contribution in [3.63, 3.8) is 0 Å². The minimum absolute atomic E-state index is 0.170. The molecule has 2 N–H and O–H groups in total. The van der Waals surface area contributed by atoms with Crippen molar-refractivity contribution in [2.75, 3.05) is 10.6 Å². The van der Waals surface area contributed by atoms with Crippen molar-refractivity contribution in [3.8, 4) is 5.82 Å². The number of pyridine rings is 1. The van der Waals surface area contributed by atoms with Gasteiger partial charge in [-0.2, -0.15) is 5.10 Å². The lowest BCUT2D eigenvalue weighted by molar-refractivity contribution is -0.114. The predicted molar refractivity (Wildman–Crippen MR) is 94.8 cm³/mol. The number of carbonyl (C=O) groups is 2. The van der Waals surface area contributed by atoms with Crippen LogP contribution in [0.3, 0.4) is 0 Å². The monoisotopic (exact) mass is 335 g/mol. The minimum atomic E-state index is -0.278. The molecule has 0 bridgehead atoms. The van der Waals surface area contributed by atoms with Crippen molar-refractivity contribution in [1.29, 1.82) is 0 Å². The summed E-state index contributed by atoms with van der Waals surface area (Å²) in [6.45, 7) is 3.24. The van der Waals surface area contributed by atoms with Crippen LogP contribution in [0.15, 0.2) is 54.9 Å². The van der Waals surface area contributed by atoms with Gasteiger partial charge in [0, 0.05) is 24.5 Å². The summed E-state index contributed by atoms with van der Waals surface area (Å²) in [5, 5.41) is 9.74. The van der Waals surface area contributed by atoms with Gasteiger partial charge in [-0.1, -0.05) is 12.1 Å². The number of rotatable bonds is 4. The molecule has 2 aromatic heterocycles. The van der Waals surface area contributed by atoms with Crippen LogP contribution in [0.1, 0.15) is 23.0 Å². The molecule has 2 amide bonds. The Labute approximate surface area is 144 Å².